The van der Waals surface area contributed by atoms with Crippen LogP contribution < -0.4 is 10.7 Å². The molecule has 0 saturated carbocycles. The van der Waals surface area contributed by atoms with Crippen molar-refractivity contribution < 1.29 is 18.4 Å². The minimum absolute atomic E-state index is 0.191. The largest absolute Gasteiger partial charge is 0.455 e. The molecule has 2 N–H and O–H groups in total. The van der Waals surface area contributed by atoms with Crippen molar-refractivity contribution in [3.05, 3.63) is 81.8 Å². The van der Waals surface area contributed by atoms with Gasteiger partial charge in [-0.3, -0.25) is 9.59 Å². The first-order valence-electron chi connectivity index (χ1n) is 10.0. The lowest BCUT2D eigenvalue weighted by Crippen LogP contribution is -2.48. The van der Waals surface area contributed by atoms with Gasteiger partial charge in [-0.25, -0.2) is 9.82 Å². The minimum atomic E-state index is -0.819. The summed E-state index contributed by atoms with van der Waals surface area (Å²) >= 11 is 3.53. The lowest BCUT2D eigenvalue weighted by Gasteiger charge is -2.20. The molecule has 1 heterocycles. The van der Waals surface area contributed by atoms with E-state index in [9.17, 15) is 14.0 Å². The highest BCUT2D eigenvalue weighted by Crippen LogP contribution is 2.30. The lowest BCUT2D eigenvalue weighted by atomic mass is 10.0. The van der Waals surface area contributed by atoms with Gasteiger partial charge >= 0.3 is 0 Å². The molecule has 1 atom stereocenters. The Morgan fingerprint density at radius 3 is 2.47 bits per heavy atom. The first kappa shape index (κ1) is 23.4. The van der Waals surface area contributed by atoms with Crippen LogP contribution in [0.1, 0.15) is 35.5 Å². The molecule has 3 aromatic rings. The number of hydrogen-bond acceptors (Lipinski definition) is 4. The zero-order chi connectivity index (χ0) is 23.3. The molecular formula is C24H23BrFN3O3. The van der Waals surface area contributed by atoms with Crippen LogP contribution in [0.2, 0.25) is 0 Å². The number of carbonyl (C=O) groups is 2. The Morgan fingerprint density at radius 2 is 1.81 bits per heavy atom. The van der Waals surface area contributed by atoms with Crippen LogP contribution in [0.25, 0.3) is 11.3 Å². The predicted octanol–water partition coefficient (Wildman–Crippen LogP) is 5.06. The molecule has 3 rings (SSSR count). The van der Waals surface area contributed by atoms with Gasteiger partial charge in [0.25, 0.3) is 11.8 Å². The van der Waals surface area contributed by atoms with Gasteiger partial charge in [-0.1, -0.05) is 35.8 Å². The maximum absolute atomic E-state index is 13.1. The van der Waals surface area contributed by atoms with Crippen LogP contribution in [0.5, 0.6) is 0 Å². The molecule has 0 radical (unpaired) electrons. The number of benzene rings is 2. The number of hydrogen-bond donors (Lipinski definition) is 2. The molecule has 0 aliphatic rings. The molecule has 0 spiro atoms. The normalized spacial score (nSPS) is 12.2. The molecule has 0 unspecified atom stereocenters. The van der Waals surface area contributed by atoms with E-state index in [-0.39, 0.29) is 11.5 Å². The van der Waals surface area contributed by atoms with Crippen LogP contribution in [0.3, 0.4) is 0 Å². The van der Waals surface area contributed by atoms with Crippen molar-refractivity contribution >= 4 is 34.0 Å². The monoisotopic (exact) mass is 499 g/mol. The van der Waals surface area contributed by atoms with Gasteiger partial charge in [-0.15, -0.1) is 0 Å². The van der Waals surface area contributed by atoms with Gasteiger partial charge in [-0.2, -0.15) is 5.10 Å². The highest BCUT2D eigenvalue weighted by atomic mass is 79.9. The summed E-state index contributed by atoms with van der Waals surface area (Å²) in [5, 5.41) is 6.61. The predicted molar refractivity (Wildman–Crippen MR) is 125 cm³/mol. The number of furan rings is 1. The van der Waals surface area contributed by atoms with Gasteiger partial charge in [0.15, 0.2) is 0 Å². The summed E-state index contributed by atoms with van der Waals surface area (Å²) in [5.74, 6) is -0.448. The molecule has 32 heavy (non-hydrogen) atoms. The molecule has 0 bridgehead atoms. The van der Waals surface area contributed by atoms with E-state index < -0.39 is 23.7 Å². The van der Waals surface area contributed by atoms with Crippen LogP contribution in [-0.2, 0) is 4.79 Å². The van der Waals surface area contributed by atoms with Gasteiger partial charge in [0.1, 0.15) is 23.4 Å². The average Bonchev–Trinajstić information content (AvgIpc) is 3.20. The van der Waals surface area contributed by atoms with Gasteiger partial charge in [-0.05, 0) is 66.9 Å². The van der Waals surface area contributed by atoms with Crippen molar-refractivity contribution in [3.8, 4) is 11.3 Å². The second-order valence-corrected chi connectivity index (χ2v) is 8.48. The highest BCUT2D eigenvalue weighted by Gasteiger charge is 2.24. The van der Waals surface area contributed by atoms with Gasteiger partial charge < -0.3 is 9.73 Å². The molecule has 0 aliphatic carbocycles. The Balaban J connectivity index is 1.63. The fraction of sp³-hybridized carbons (Fsp3) is 0.208. The highest BCUT2D eigenvalue weighted by molar-refractivity contribution is 9.10. The standard InChI is InChI=1S/C24H23BrFN3O3/c1-14(2)22(28-23(30)16-5-7-17(26)8-6-16)24(31)29-27-13-18-9-11-21(32-18)19-10-4-15(3)12-20(19)25/h4-14,22H,1-3H3,(H,28,30)(H,29,31)/b27-13-/t22-/m0/s1. The van der Waals surface area contributed by atoms with E-state index in [1.54, 1.807) is 19.9 Å². The Labute approximate surface area is 194 Å². The fourth-order valence-corrected chi connectivity index (χ4v) is 3.67. The maximum Gasteiger partial charge on any atom is 0.262 e. The van der Waals surface area contributed by atoms with Gasteiger partial charge in [0.2, 0.25) is 0 Å². The van der Waals surface area contributed by atoms with E-state index in [1.165, 1.54) is 30.5 Å². The molecule has 1 aromatic heterocycles. The van der Waals surface area contributed by atoms with Gasteiger partial charge in [0, 0.05) is 15.6 Å². The van der Waals surface area contributed by atoms with E-state index in [0.29, 0.717) is 11.5 Å². The first-order valence-corrected chi connectivity index (χ1v) is 10.8. The van der Waals surface area contributed by atoms with Crippen LogP contribution in [0.4, 0.5) is 4.39 Å². The Hall–Kier alpha value is -3.26. The van der Waals surface area contributed by atoms with Crippen LogP contribution in [0.15, 0.2) is 68.6 Å². The van der Waals surface area contributed by atoms with Gasteiger partial charge in [0.05, 0.1) is 6.21 Å². The number of hydrazone groups is 1. The molecule has 2 amide bonds. The van der Waals surface area contributed by atoms with Crippen molar-refractivity contribution in [2.24, 2.45) is 11.0 Å². The number of rotatable bonds is 7. The fourth-order valence-electron chi connectivity index (χ4n) is 2.98. The molecule has 0 saturated heterocycles. The summed E-state index contributed by atoms with van der Waals surface area (Å²) < 4.78 is 19.8. The number of nitrogens with zero attached hydrogens (tertiary/aromatic N) is 1. The number of carbonyl (C=O) groups excluding carboxylic acids is 2. The summed E-state index contributed by atoms with van der Waals surface area (Å²) in [6.45, 7) is 5.61. The van der Waals surface area contributed by atoms with Crippen LogP contribution in [0, 0.1) is 18.7 Å². The second-order valence-electron chi connectivity index (χ2n) is 7.62. The molecule has 166 valence electrons. The van der Waals surface area contributed by atoms with Crippen LogP contribution in [-0.4, -0.2) is 24.1 Å². The van der Waals surface area contributed by atoms with Crippen molar-refractivity contribution in [2.75, 3.05) is 0 Å². The third kappa shape index (κ3) is 5.91. The van der Waals surface area contributed by atoms with Crippen molar-refractivity contribution in [3.63, 3.8) is 0 Å². The Morgan fingerprint density at radius 1 is 1.09 bits per heavy atom. The molecule has 2 aromatic carbocycles. The Bertz CT molecular complexity index is 1140. The lowest BCUT2D eigenvalue weighted by molar-refractivity contribution is -0.123. The van der Waals surface area contributed by atoms with E-state index in [2.05, 4.69) is 31.8 Å². The number of aryl methyl sites for hydroxylation is 1. The number of amides is 2. The van der Waals surface area contributed by atoms with E-state index in [1.807, 2.05) is 31.2 Å². The SMILES string of the molecule is Cc1ccc(-c2ccc(/C=N\NC(=O)[C@@H](NC(=O)c3ccc(F)cc3)C(C)C)o2)c(Br)c1. The number of halogens is 2. The van der Waals surface area contributed by atoms with E-state index >= 15 is 0 Å². The van der Waals surface area contributed by atoms with Crippen molar-refractivity contribution in [2.45, 2.75) is 26.8 Å². The summed E-state index contributed by atoms with van der Waals surface area (Å²) in [6, 6.07) is 13.8. The molecule has 0 aliphatic heterocycles. The summed E-state index contributed by atoms with van der Waals surface area (Å²) in [5.41, 5.74) is 4.73. The van der Waals surface area contributed by atoms with Crippen LogP contribution >= 0.6 is 15.9 Å². The zero-order valence-electron chi connectivity index (χ0n) is 17.9. The average molecular weight is 500 g/mol. The van der Waals surface area contributed by atoms with Crippen molar-refractivity contribution in [1.29, 1.82) is 0 Å². The molecule has 8 heteroatoms. The van der Waals surface area contributed by atoms with Crippen molar-refractivity contribution in [1.82, 2.24) is 10.7 Å². The quantitative estimate of drug-likeness (QED) is 0.352. The van der Waals surface area contributed by atoms with E-state index in [0.717, 1.165) is 15.6 Å². The Kier molecular flexibility index (Phi) is 7.58. The zero-order valence-corrected chi connectivity index (χ0v) is 19.4. The third-order valence-corrected chi connectivity index (χ3v) is 5.38. The second kappa shape index (κ2) is 10.4. The molecular weight excluding hydrogens is 477 g/mol. The smallest absolute Gasteiger partial charge is 0.262 e. The maximum atomic E-state index is 13.1. The summed E-state index contributed by atoms with van der Waals surface area (Å²) in [6.07, 6.45) is 1.39. The van der Waals surface area contributed by atoms with E-state index in [4.69, 9.17) is 4.42 Å². The first-order chi connectivity index (χ1) is 15.2. The minimum Gasteiger partial charge on any atom is -0.455 e. The summed E-state index contributed by atoms with van der Waals surface area (Å²) in [7, 11) is 0. The molecule has 6 nitrogen and oxygen atoms in total. The summed E-state index contributed by atoms with van der Waals surface area (Å²) in [4.78, 5) is 24.9. The number of nitrogens with one attached hydrogen (secondary N) is 2. The third-order valence-electron chi connectivity index (χ3n) is 4.73. The topological polar surface area (TPSA) is 83.7 Å². The molecule has 0 fully saturated rings.